The van der Waals surface area contributed by atoms with Crippen LogP contribution in [0.15, 0.2) is 42.7 Å². The number of hydrogen-bond donors (Lipinski definition) is 0. The molecule has 25 heavy (non-hydrogen) atoms. The van der Waals surface area contributed by atoms with Crippen molar-refractivity contribution in [2.45, 2.75) is 13.3 Å². The molecule has 2 rings (SSSR count). The molecule has 1 aromatic carbocycles. The minimum atomic E-state index is -0.278. The number of carbonyl (C=O) groups is 2. The SMILES string of the molecule is CC(=O)N(CC(=O)N(C)CCc1ccncc1)c1cccc(Cl)c1Cl. The normalized spacial score (nSPS) is 10.4. The second-order valence-electron chi connectivity index (χ2n) is 5.60. The average Bonchev–Trinajstić information content (AvgIpc) is 2.60. The minimum absolute atomic E-state index is 0.0950. The Hall–Kier alpha value is -2.11. The highest BCUT2D eigenvalue weighted by Gasteiger charge is 2.21. The highest BCUT2D eigenvalue weighted by atomic mass is 35.5. The van der Waals surface area contributed by atoms with Gasteiger partial charge in [-0.25, -0.2) is 0 Å². The van der Waals surface area contributed by atoms with Crippen molar-refractivity contribution in [1.82, 2.24) is 9.88 Å². The zero-order valence-corrected chi connectivity index (χ0v) is 15.6. The van der Waals surface area contributed by atoms with E-state index in [1.165, 1.54) is 11.8 Å². The van der Waals surface area contributed by atoms with Crippen LogP contribution in [-0.4, -0.2) is 41.8 Å². The Bertz CT molecular complexity index is 753. The van der Waals surface area contributed by atoms with Gasteiger partial charge >= 0.3 is 0 Å². The number of aromatic nitrogens is 1. The Balaban J connectivity index is 2.04. The lowest BCUT2D eigenvalue weighted by molar-refractivity contribution is -0.130. The molecule has 0 aliphatic heterocycles. The third-order valence-corrected chi connectivity index (χ3v) is 4.62. The molecule has 0 N–H and O–H groups in total. The van der Waals surface area contributed by atoms with Gasteiger partial charge in [0.2, 0.25) is 11.8 Å². The first-order valence-corrected chi connectivity index (χ1v) is 8.50. The quantitative estimate of drug-likeness (QED) is 0.772. The van der Waals surface area contributed by atoms with Crippen LogP contribution in [0.2, 0.25) is 10.0 Å². The van der Waals surface area contributed by atoms with Crippen LogP contribution < -0.4 is 4.90 Å². The first-order valence-electron chi connectivity index (χ1n) is 7.75. The lowest BCUT2D eigenvalue weighted by Gasteiger charge is -2.25. The molecule has 1 heterocycles. The molecule has 0 fully saturated rings. The van der Waals surface area contributed by atoms with Crippen LogP contribution in [0, 0.1) is 0 Å². The molecule has 0 aliphatic rings. The van der Waals surface area contributed by atoms with Crippen LogP contribution in [0.25, 0.3) is 0 Å². The molecule has 2 aromatic rings. The summed E-state index contributed by atoms with van der Waals surface area (Å²) in [5.74, 6) is -0.458. The third-order valence-electron chi connectivity index (χ3n) is 3.81. The number of anilines is 1. The van der Waals surface area contributed by atoms with Crippen LogP contribution in [0.4, 0.5) is 5.69 Å². The predicted octanol–water partition coefficient (Wildman–Crippen LogP) is 3.44. The van der Waals surface area contributed by atoms with Crippen molar-refractivity contribution < 1.29 is 9.59 Å². The topological polar surface area (TPSA) is 53.5 Å². The molecule has 0 unspecified atom stereocenters. The number of rotatable bonds is 6. The smallest absolute Gasteiger partial charge is 0.242 e. The lowest BCUT2D eigenvalue weighted by Crippen LogP contribution is -2.41. The van der Waals surface area contributed by atoms with Gasteiger partial charge in [0.25, 0.3) is 0 Å². The van der Waals surface area contributed by atoms with Gasteiger partial charge in [0.15, 0.2) is 0 Å². The fourth-order valence-corrected chi connectivity index (χ4v) is 2.69. The second kappa shape index (κ2) is 8.83. The summed E-state index contributed by atoms with van der Waals surface area (Å²) in [6.45, 7) is 1.83. The number of carbonyl (C=O) groups excluding carboxylic acids is 2. The summed E-state index contributed by atoms with van der Waals surface area (Å²) in [6.07, 6.45) is 4.15. The van der Waals surface area contributed by atoms with Crippen molar-refractivity contribution in [2.24, 2.45) is 0 Å². The Morgan fingerprint density at radius 1 is 1.12 bits per heavy atom. The summed E-state index contributed by atoms with van der Waals surface area (Å²) >= 11 is 12.2. The molecule has 0 spiro atoms. The number of likely N-dealkylation sites (N-methyl/N-ethyl adjacent to an activating group) is 1. The van der Waals surface area contributed by atoms with Gasteiger partial charge in [0, 0.05) is 32.9 Å². The molecule has 0 aliphatic carbocycles. The lowest BCUT2D eigenvalue weighted by atomic mass is 10.2. The van der Waals surface area contributed by atoms with E-state index in [-0.39, 0.29) is 23.4 Å². The predicted molar refractivity (Wildman–Crippen MR) is 100 cm³/mol. The van der Waals surface area contributed by atoms with Crippen LogP contribution >= 0.6 is 23.2 Å². The van der Waals surface area contributed by atoms with Crippen molar-refractivity contribution in [3.8, 4) is 0 Å². The molecule has 0 radical (unpaired) electrons. The summed E-state index contributed by atoms with van der Waals surface area (Å²) in [5, 5.41) is 0.593. The van der Waals surface area contributed by atoms with Gasteiger partial charge in [-0.05, 0) is 36.2 Å². The molecule has 0 saturated carbocycles. The molecule has 0 saturated heterocycles. The molecule has 5 nitrogen and oxygen atoms in total. The Labute approximate surface area is 157 Å². The van der Waals surface area contributed by atoms with Gasteiger partial charge in [-0.1, -0.05) is 29.3 Å². The molecule has 0 atom stereocenters. The molecule has 7 heteroatoms. The Morgan fingerprint density at radius 3 is 2.44 bits per heavy atom. The van der Waals surface area contributed by atoms with Crippen LogP contribution in [0.5, 0.6) is 0 Å². The maximum Gasteiger partial charge on any atom is 0.242 e. The van der Waals surface area contributed by atoms with E-state index in [1.807, 2.05) is 12.1 Å². The minimum Gasteiger partial charge on any atom is -0.344 e. The molecule has 1 aromatic heterocycles. The highest BCUT2D eigenvalue weighted by Crippen LogP contribution is 2.32. The van der Waals surface area contributed by atoms with Gasteiger partial charge in [-0.2, -0.15) is 0 Å². The highest BCUT2D eigenvalue weighted by molar-refractivity contribution is 6.44. The summed E-state index contributed by atoms with van der Waals surface area (Å²) in [4.78, 5) is 31.4. The first kappa shape index (κ1) is 19.2. The summed E-state index contributed by atoms with van der Waals surface area (Å²) in [7, 11) is 1.71. The van der Waals surface area contributed by atoms with E-state index < -0.39 is 0 Å². The molecular weight excluding hydrogens is 361 g/mol. The van der Waals surface area contributed by atoms with Crippen molar-refractivity contribution in [3.63, 3.8) is 0 Å². The van der Waals surface area contributed by atoms with E-state index in [2.05, 4.69) is 4.98 Å². The zero-order valence-electron chi connectivity index (χ0n) is 14.1. The Morgan fingerprint density at radius 2 is 1.80 bits per heavy atom. The van der Waals surface area contributed by atoms with E-state index in [9.17, 15) is 9.59 Å². The van der Waals surface area contributed by atoms with Crippen molar-refractivity contribution in [1.29, 1.82) is 0 Å². The number of nitrogens with zero attached hydrogens (tertiary/aromatic N) is 3. The van der Waals surface area contributed by atoms with Gasteiger partial charge in [-0.15, -0.1) is 0 Å². The number of benzene rings is 1. The summed E-state index contributed by atoms with van der Waals surface area (Å²) in [5.41, 5.74) is 1.52. The van der Waals surface area contributed by atoms with Gasteiger partial charge in [-0.3, -0.25) is 14.6 Å². The maximum absolute atomic E-state index is 12.5. The largest absolute Gasteiger partial charge is 0.344 e. The Kier molecular flexibility index (Phi) is 6.79. The van der Waals surface area contributed by atoms with Gasteiger partial charge < -0.3 is 9.80 Å². The van der Waals surface area contributed by atoms with E-state index in [1.54, 1.807) is 42.5 Å². The number of pyridine rings is 1. The van der Waals surface area contributed by atoms with E-state index in [0.717, 1.165) is 5.56 Å². The third kappa shape index (κ3) is 5.18. The molecule has 2 amide bonds. The van der Waals surface area contributed by atoms with Crippen molar-refractivity contribution in [2.75, 3.05) is 25.0 Å². The van der Waals surface area contributed by atoms with Crippen LogP contribution in [-0.2, 0) is 16.0 Å². The van der Waals surface area contributed by atoms with Crippen molar-refractivity contribution >= 4 is 40.7 Å². The average molecular weight is 380 g/mol. The first-order chi connectivity index (χ1) is 11.9. The van der Waals surface area contributed by atoms with E-state index in [0.29, 0.717) is 23.7 Å². The van der Waals surface area contributed by atoms with Gasteiger partial charge in [0.1, 0.15) is 6.54 Å². The van der Waals surface area contributed by atoms with Gasteiger partial charge in [0.05, 0.1) is 15.7 Å². The molecular formula is C18H19Cl2N3O2. The maximum atomic E-state index is 12.5. The molecule has 0 bridgehead atoms. The van der Waals surface area contributed by atoms with E-state index >= 15 is 0 Å². The summed E-state index contributed by atoms with van der Waals surface area (Å²) in [6, 6.07) is 8.81. The van der Waals surface area contributed by atoms with E-state index in [4.69, 9.17) is 23.2 Å². The summed E-state index contributed by atoms with van der Waals surface area (Å²) < 4.78 is 0. The molecule has 132 valence electrons. The standard InChI is InChI=1S/C18H19Cl2N3O2/c1-13(24)23(16-5-3-4-15(19)18(16)20)12-17(25)22(2)11-8-14-6-9-21-10-7-14/h3-7,9-10H,8,11-12H2,1-2H3. The number of hydrogen-bond acceptors (Lipinski definition) is 3. The monoisotopic (exact) mass is 379 g/mol. The van der Waals surface area contributed by atoms with Crippen LogP contribution in [0.3, 0.4) is 0 Å². The second-order valence-corrected chi connectivity index (χ2v) is 6.38. The number of halogens is 2. The van der Waals surface area contributed by atoms with Crippen molar-refractivity contribution in [3.05, 3.63) is 58.3 Å². The van der Waals surface area contributed by atoms with Crippen LogP contribution in [0.1, 0.15) is 12.5 Å². The zero-order chi connectivity index (χ0) is 18.4. The fourth-order valence-electron chi connectivity index (χ4n) is 2.29. The fraction of sp³-hybridized carbons (Fsp3) is 0.278. The number of amides is 2.